The monoisotopic (exact) mass is 729 g/mol. The van der Waals surface area contributed by atoms with Crippen molar-refractivity contribution in [1.82, 2.24) is 15.0 Å². The molecule has 12 rings (SSSR count). The van der Waals surface area contributed by atoms with Crippen LogP contribution in [0.15, 0.2) is 188 Å². The van der Waals surface area contributed by atoms with E-state index in [0.29, 0.717) is 17.5 Å². The van der Waals surface area contributed by atoms with Gasteiger partial charge in [0.25, 0.3) is 0 Å². The molecule has 0 saturated carbocycles. The number of benzene rings is 8. The Bertz CT molecular complexity index is 3140. The minimum Gasteiger partial charge on any atom is -0.208 e. The third-order valence-corrected chi connectivity index (χ3v) is 12.9. The van der Waals surface area contributed by atoms with E-state index in [4.69, 9.17) is 15.0 Å². The maximum atomic E-state index is 5.24. The van der Waals surface area contributed by atoms with Crippen LogP contribution in [0.25, 0.3) is 87.7 Å². The van der Waals surface area contributed by atoms with Gasteiger partial charge in [-0.25, -0.2) is 15.0 Å². The van der Waals surface area contributed by atoms with E-state index in [1.807, 2.05) is 35.6 Å². The average Bonchev–Trinajstić information content (AvgIpc) is 3.90. The molecule has 2 aliphatic carbocycles. The normalized spacial score (nSPS) is 13.1. The molecule has 2 aliphatic rings. The quantitative estimate of drug-likeness (QED) is 0.181. The van der Waals surface area contributed by atoms with Crippen molar-refractivity contribution in [3.05, 3.63) is 210 Å². The van der Waals surface area contributed by atoms with Crippen LogP contribution in [0.1, 0.15) is 22.3 Å². The third kappa shape index (κ3) is 4.42. The zero-order chi connectivity index (χ0) is 36.8. The van der Waals surface area contributed by atoms with Gasteiger partial charge in [-0.15, -0.1) is 11.3 Å². The van der Waals surface area contributed by atoms with Gasteiger partial charge >= 0.3 is 0 Å². The molecule has 0 saturated heterocycles. The van der Waals surface area contributed by atoms with E-state index in [2.05, 4.69) is 164 Å². The molecule has 0 N–H and O–H groups in total. The molecule has 3 nitrogen and oxygen atoms in total. The predicted molar refractivity (Wildman–Crippen MR) is 231 cm³/mol. The topological polar surface area (TPSA) is 38.7 Å². The molecule has 0 aliphatic heterocycles. The van der Waals surface area contributed by atoms with Gasteiger partial charge in [0, 0.05) is 36.9 Å². The molecule has 2 aromatic heterocycles. The standard InChI is InChI=1S/C52H31N3S/c1-3-14-32(15-4-1)33-26-28-35(29-27-33)50-53-49(34-16-5-2-6-17-34)54-51(55-50)39-21-13-25-46-48(39)41-30-40-38-20-9-12-24-44(38)52(45(40)31-47(41)56-46)42-22-10-7-18-36(42)37-19-8-11-23-43(37)52/h1-31H. The third-order valence-electron chi connectivity index (χ3n) is 11.8. The molecule has 260 valence electrons. The van der Waals surface area contributed by atoms with Crippen molar-refractivity contribution in [2.24, 2.45) is 0 Å². The van der Waals surface area contributed by atoms with Crippen molar-refractivity contribution in [2.45, 2.75) is 5.41 Å². The Hall–Kier alpha value is -7.01. The molecule has 0 radical (unpaired) electrons. The van der Waals surface area contributed by atoms with Crippen LogP contribution >= 0.6 is 11.3 Å². The second kappa shape index (κ2) is 12.0. The Balaban J connectivity index is 1.09. The highest BCUT2D eigenvalue weighted by atomic mass is 32.1. The van der Waals surface area contributed by atoms with Crippen LogP contribution in [0.5, 0.6) is 0 Å². The molecule has 0 bridgehead atoms. The average molecular weight is 730 g/mol. The van der Waals surface area contributed by atoms with Crippen LogP contribution < -0.4 is 0 Å². The summed E-state index contributed by atoms with van der Waals surface area (Å²) >= 11 is 1.85. The number of hydrogen-bond acceptors (Lipinski definition) is 4. The van der Waals surface area contributed by atoms with E-state index < -0.39 is 0 Å². The molecule has 8 aromatic carbocycles. The lowest BCUT2D eigenvalue weighted by Gasteiger charge is -2.30. The van der Waals surface area contributed by atoms with Gasteiger partial charge < -0.3 is 0 Å². The lowest BCUT2D eigenvalue weighted by molar-refractivity contribution is 0.795. The van der Waals surface area contributed by atoms with E-state index in [-0.39, 0.29) is 5.41 Å². The van der Waals surface area contributed by atoms with E-state index in [0.717, 1.165) is 22.3 Å². The first-order chi connectivity index (χ1) is 27.8. The molecule has 0 unspecified atom stereocenters. The fraction of sp³-hybridized carbons (Fsp3) is 0.0192. The van der Waals surface area contributed by atoms with E-state index in [1.54, 1.807) is 0 Å². The van der Waals surface area contributed by atoms with E-state index >= 15 is 0 Å². The van der Waals surface area contributed by atoms with Crippen LogP contribution in [0.3, 0.4) is 0 Å². The van der Waals surface area contributed by atoms with Gasteiger partial charge in [-0.2, -0.15) is 0 Å². The first-order valence-corrected chi connectivity index (χ1v) is 19.8. The minimum absolute atomic E-state index is 0.379. The van der Waals surface area contributed by atoms with E-state index in [9.17, 15) is 0 Å². The molecule has 0 amide bonds. The van der Waals surface area contributed by atoms with Crippen molar-refractivity contribution in [3.8, 4) is 67.5 Å². The van der Waals surface area contributed by atoms with Crippen molar-refractivity contribution < 1.29 is 0 Å². The Morgan fingerprint density at radius 1 is 0.321 bits per heavy atom. The molecule has 10 aromatic rings. The maximum absolute atomic E-state index is 5.24. The minimum atomic E-state index is -0.379. The van der Waals surface area contributed by atoms with Crippen LogP contribution in [0, 0.1) is 0 Å². The zero-order valence-corrected chi connectivity index (χ0v) is 31.0. The summed E-state index contributed by atoms with van der Waals surface area (Å²) in [4.78, 5) is 15.5. The lowest BCUT2D eigenvalue weighted by Crippen LogP contribution is -2.25. The van der Waals surface area contributed by atoms with Crippen molar-refractivity contribution >= 4 is 31.5 Å². The summed E-state index contributed by atoms with van der Waals surface area (Å²) in [5.74, 6) is 1.98. The molecular weight excluding hydrogens is 699 g/mol. The van der Waals surface area contributed by atoms with Crippen LogP contribution in [-0.4, -0.2) is 15.0 Å². The summed E-state index contributed by atoms with van der Waals surface area (Å²) in [6, 6.07) is 67.7. The van der Waals surface area contributed by atoms with Crippen LogP contribution in [-0.2, 0) is 5.41 Å². The second-order valence-electron chi connectivity index (χ2n) is 14.7. The van der Waals surface area contributed by atoms with Crippen LogP contribution in [0.2, 0.25) is 0 Å². The van der Waals surface area contributed by atoms with Crippen molar-refractivity contribution in [2.75, 3.05) is 0 Å². The Morgan fingerprint density at radius 2 is 0.786 bits per heavy atom. The zero-order valence-electron chi connectivity index (χ0n) is 30.1. The van der Waals surface area contributed by atoms with Gasteiger partial charge in [0.15, 0.2) is 17.5 Å². The number of thiophene rings is 1. The number of nitrogens with zero attached hydrogens (tertiary/aromatic N) is 3. The van der Waals surface area contributed by atoms with Crippen molar-refractivity contribution in [1.29, 1.82) is 0 Å². The van der Waals surface area contributed by atoms with Crippen LogP contribution in [0.4, 0.5) is 0 Å². The fourth-order valence-corrected chi connectivity index (χ4v) is 10.5. The smallest absolute Gasteiger partial charge is 0.164 e. The second-order valence-corrected chi connectivity index (χ2v) is 15.8. The lowest BCUT2D eigenvalue weighted by atomic mass is 9.70. The summed E-state index contributed by atoms with van der Waals surface area (Å²) in [5, 5.41) is 2.40. The number of hydrogen-bond donors (Lipinski definition) is 0. The first-order valence-electron chi connectivity index (χ1n) is 19.0. The molecule has 0 fully saturated rings. The van der Waals surface area contributed by atoms with Gasteiger partial charge in [0.1, 0.15) is 0 Å². The largest absolute Gasteiger partial charge is 0.208 e. The Kier molecular flexibility index (Phi) is 6.72. The summed E-state index contributed by atoms with van der Waals surface area (Å²) in [5.41, 5.74) is 15.5. The maximum Gasteiger partial charge on any atom is 0.164 e. The summed E-state index contributed by atoms with van der Waals surface area (Å²) in [6.07, 6.45) is 0. The van der Waals surface area contributed by atoms with Gasteiger partial charge in [-0.05, 0) is 73.8 Å². The summed E-state index contributed by atoms with van der Waals surface area (Å²) in [7, 11) is 0. The van der Waals surface area contributed by atoms with Gasteiger partial charge in [0.05, 0.1) is 5.41 Å². The highest BCUT2D eigenvalue weighted by Gasteiger charge is 2.51. The fourth-order valence-electron chi connectivity index (χ4n) is 9.38. The summed E-state index contributed by atoms with van der Waals surface area (Å²) in [6.45, 7) is 0. The Morgan fingerprint density at radius 3 is 1.41 bits per heavy atom. The SMILES string of the molecule is c1ccc(-c2ccc(-c3nc(-c4ccccc4)nc(-c4cccc5sc6cc7c(cc6c45)-c4ccccc4C74c5ccccc5-c5ccccc54)n3)cc2)cc1. The Labute approximate surface area is 328 Å². The molecular formula is C52H31N3S. The van der Waals surface area contributed by atoms with E-state index in [1.165, 1.54) is 70.2 Å². The number of rotatable bonds is 4. The first kappa shape index (κ1) is 31.4. The molecule has 56 heavy (non-hydrogen) atoms. The molecule has 0 atom stereocenters. The summed E-state index contributed by atoms with van der Waals surface area (Å²) < 4.78 is 2.47. The van der Waals surface area contributed by atoms with Gasteiger partial charge in [-0.3, -0.25) is 0 Å². The number of fused-ring (bicyclic) bond motifs is 13. The molecule has 2 heterocycles. The highest BCUT2D eigenvalue weighted by Crippen LogP contribution is 2.63. The number of aromatic nitrogens is 3. The predicted octanol–water partition coefficient (Wildman–Crippen LogP) is 13.3. The van der Waals surface area contributed by atoms with Gasteiger partial charge in [0.2, 0.25) is 0 Å². The van der Waals surface area contributed by atoms with Gasteiger partial charge in [-0.1, -0.05) is 170 Å². The molecule has 4 heteroatoms. The highest BCUT2D eigenvalue weighted by molar-refractivity contribution is 7.26. The molecule has 1 spiro atoms. The van der Waals surface area contributed by atoms with Crippen molar-refractivity contribution in [3.63, 3.8) is 0 Å².